The third-order valence-corrected chi connectivity index (χ3v) is 6.29. The summed E-state index contributed by atoms with van der Waals surface area (Å²) >= 11 is 0. The molecule has 28 heavy (non-hydrogen) atoms. The molecule has 0 bridgehead atoms. The van der Waals surface area contributed by atoms with Crippen LogP contribution in [0.15, 0.2) is 36.5 Å². The van der Waals surface area contributed by atoms with E-state index in [1.165, 1.54) is 59.2 Å². The van der Waals surface area contributed by atoms with Gasteiger partial charge in [-0.1, -0.05) is 13.0 Å². The van der Waals surface area contributed by atoms with Crippen molar-refractivity contribution in [2.24, 2.45) is 0 Å². The van der Waals surface area contributed by atoms with E-state index in [0.29, 0.717) is 5.92 Å². The quantitative estimate of drug-likeness (QED) is 0.666. The second kappa shape index (κ2) is 8.46. The number of likely N-dealkylation sites (tertiary alicyclic amines) is 1. The molecule has 1 fully saturated rings. The number of hydrogen-bond acceptors (Lipinski definition) is 3. The van der Waals surface area contributed by atoms with E-state index in [4.69, 9.17) is 0 Å². The Hall–Kier alpha value is -2.17. The molecule has 0 spiro atoms. The smallest absolute Gasteiger partial charge is 0.0495 e. The molecule has 4 rings (SSSR count). The molecule has 1 aliphatic heterocycles. The van der Waals surface area contributed by atoms with Gasteiger partial charge in [0.15, 0.2) is 0 Å². The summed E-state index contributed by atoms with van der Waals surface area (Å²) in [4.78, 5) is 10.7. The average molecular weight is 377 g/mol. The van der Waals surface area contributed by atoms with E-state index >= 15 is 0 Å². The molecule has 1 aromatic carbocycles. The first kappa shape index (κ1) is 19.2. The van der Waals surface area contributed by atoms with Crippen molar-refractivity contribution in [3.63, 3.8) is 0 Å². The molecule has 2 N–H and O–H groups in total. The maximum atomic E-state index is 4.45. The second-order valence-corrected chi connectivity index (χ2v) is 8.04. The summed E-state index contributed by atoms with van der Waals surface area (Å²) in [5.74, 6) is 0.681. The van der Waals surface area contributed by atoms with Crippen LogP contribution in [0.5, 0.6) is 0 Å². The zero-order chi connectivity index (χ0) is 19.5. The molecule has 2 aromatic heterocycles. The van der Waals surface area contributed by atoms with E-state index in [1.807, 2.05) is 13.2 Å². The lowest BCUT2D eigenvalue weighted by Gasteiger charge is -2.32. The Morgan fingerprint density at radius 2 is 2.00 bits per heavy atom. The molecule has 148 valence electrons. The average Bonchev–Trinajstić information content (AvgIpc) is 3.08. The Morgan fingerprint density at radius 1 is 1.18 bits per heavy atom. The lowest BCUT2D eigenvalue weighted by Crippen LogP contribution is -2.37. The van der Waals surface area contributed by atoms with Gasteiger partial charge in [-0.15, -0.1) is 0 Å². The molecule has 0 atom stereocenters. The Kier molecular flexibility index (Phi) is 5.79. The van der Waals surface area contributed by atoms with Crippen molar-refractivity contribution in [3.8, 4) is 11.3 Å². The molecule has 4 nitrogen and oxygen atoms in total. The van der Waals surface area contributed by atoms with Crippen LogP contribution in [0.2, 0.25) is 0 Å². The van der Waals surface area contributed by atoms with Gasteiger partial charge in [0, 0.05) is 47.1 Å². The summed E-state index contributed by atoms with van der Waals surface area (Å²) in [6.45, 7) is 9.05. The molecule has 3 aromatic rings. The van der Waals surface area contributed by atoms with Gasteiger partial charge in [-0.2, -0.15) is 0 Å². The Morgan fingerprint density at radius 3 is 2.75 bits per heavy atom. The first-order valence-electron chi connectivity index (χ1n) is 10.6. The van der Waals surface area contributed by atoms with E-state index < -0.39 is 0 Å². The summed E-state index contributed by atoms with van der Waals surface area (Å²) in [5.41, 5.74) is 7.68. The lowest BCUT2D eigenvalue weighted by molar-refractivity contribution is 0.214. The molecule has 3 heterocycles. The van der Waals surface area contributed by atoms with E-state index in [0.717, 1.165) is 25.2 Å². The van der Waals surface area contributed by atoms with Crippen molar-refractivity contribution in [1.82, 2.24) is 20.2 Å². The van der Waals surface area contributed by atoms with E-state index in [2.05, 4.69) is 64.4 Å². The highest BCUT2D eigenvalue weighted by Crippen LogP contribution is 2.34. The number of rotatable bonds is 6. The molecule has 0 amide bonds. The van der Waals surface area contributed by atoms with E-state index in [1.54, 1.807) is 0 Å². The van der Waals surface area contributed by atoms with Crippen LogP contribution in [0.25, 0.3) is 22.2 Å². The number of nitrogens with one attached hydrogen (secondary N) is 2. The number of piperidine rings is 1. The molecule has 1 saturated heterocycles. The number of benzene rings is 1. The molecule has 0 aliphatic carbocycles. The lowest BCUT2D eigenvalue weighted by atomic mass is 9.88. The van der Waals surface area contributed by atoms with E-state index in [9.17, 15) is 0 Å². The first-order chi connectivity index (χ1) is 13.7. The number of pyridine rings is 1. The number of likely N-dealkylation sites (N-methyl/N-ethyl adjacent to an activating group) is 1. The molecule has 0 radical (unpaired) electrons. The van der Waals surface area contributed by atoms with Gasteiger partial charge in [0.2, 0.25) is 0 Å². The third-order valence-electron chi connectivity index (χ3n) is 6.29. The van der Waals surface area contributed by atoms with Crippen LogP contribution in [0, 0.1) is 6.92 Å². The minimum atomic E-state index is 0.681. The predicted octanol–water partition coefficient (Wildman–Crippen LogP) is 4.50. The van der Waals surface area contributed by atoms with Crippen molar-refractivity contribution in [3.05, 3.63) is 53.3 Å². The van der Waals surface area contributed by atoms with Crippen LogP contribution in [0.1, 0.15) is 42.5 Å². The van der Waals surface area contributed by atoms with Crippen LogP contribution in [-0.2, 0) is 6.42 Å². The monoisotopic (exact) mass is 376 g/mol. The fraction of sp³-hybridized carbons (Fsp3) is 0.458. The summed E-state index contributed by atoms with van der Waals surface area (Å²) in [7, 11) is 2.03. The van der Waals surface area contributed by atoms with Gasteiger partial charge >= 0.3 is 0 Å². The van der Waals surface area contributed by atoms with Crippen LogP contribution in [0.4, 0.5) is 0 Å². The summed E-state index contributed by atoms with van der Waals surface area (Å²) < 4.78 is 0. The van der Waals surface area contributed by atoms with Crippen LogP contribution < -0.4 is 5.32 Å². The summed E-state index contributed by atoms with van der Waals surface area (Å²) in [5, 5.41) is 4.62. The summed E-state index contributed by atoms with van der Waals surface area (Å²) in [6, 6.07) is 11.4. The van der Waals surface area contributed by atoms with Gasteiger partial charge in [-0.05, 0) is 87.6 Å². The van der Waals surface area contributed by atoms with Crippen LogP contribution >= 0.6 is 0 Å². The van der Waals surface area contributed by atoms with Crippen molar-refractivity contribution >= 4 is 10.9 Å². The normalized spacial score (nSPS) is 16.1. The first-order valence-corrected chi connectivity index (χ1v) is 10.6. The minimum absolute atomic E-state index is 0.681. The fourth-order valence-corrected chi connectivity index (χ4v) is 4.47. The van der Waals surface area contributed by atoms with Crippen molar-refractivity contribution < 1.29 is 0 Å². The van der Waals surface area contributed by atoms with E-state index in [-0.39, 0.29) is 0 Å². The Labute approximate surface area is 168 Å². The van der Waals surface area contributed by atoms with Gasteiger partial charge in [-0.25, -0.2) is 0 Å². The van der Waals surface area contributed by atoms with Gasteiger partial charge in [0.05, 0.1) is 0 Å². The third kappa shape index (κ3) is 3.85. The molecular weight excluding hydrogens is 344 g/mol. The number of H-pyrrole nitrogens is 1. The zero-order valence-corrected chi connectivity index (χ0v) is 17.4. The molecule has 1 aliphatic rings. The number of aromatic amines is 1. The van der Waals surface area contributed by atoms with Gasteiger partial charge < -0.3 is 15.2 Å². The van der Waals surface area contributed by atoms with Crippen molar-refractivity contribution in [1.29, 1.82) is 0 Å². The maximum Gasteiger partial charge on any atom is 0.0495 e. The highest BCUT2D eigenvalue weighted by molar-refractivity contribution is 5.91. The molecule has 0 saturated carbocycles. The number of hydrogen-bond donors (Lipinski definition) is 2. The molecule has 4 heteroatoms. The molecule has 0 unspecified atom stereocenters. The number of fused-ring (bicyclic) bond motifs is 1. The standard InChI is InChI=1S/C24H32N4/c1-4-21-15-20(7-10-26-21)24-17(2)22-16-19(5-6-23(22)27-24)18-8-12-28(13-9-18)14-11-25-3/h5-7,10,15-16,18,25,27H,4,8-9,11-14H2,1-3H3. The largest absolute Gasteiger partial charge is 0.354 e. The van der Waals surface area contributed by atoms with Gasteiger partial charge in [0.25, 0.3) is 0 Å². The summed E-state index contributed by atoms with van der Waals surface area (Å²) in [6.07, 6.45) is 5.40. The SMILES string of the molecule is CCc1cc(-c2[nH]c3ccc(C4CCN(CCNC)CC4)cc3c2C)ccn1. The maximum absolute atomic E-state index is 4.45. The molecular formula is C24H32N4. The zero-order valence-electron chi connectivity index (χ0n) is 17.4. The predicted molar refractivity (Wildman–Crippen MR) is 118 cm³/mol. The fourth-order valence-electron chi connectivity index (χ4n) is 4.47. The highest BCUT2D eigenvalue weighted by Gasteiger charge is 2.21. The van der Waals surface area contributed by atoms with Gasteiger partial charge in [-0.3, -0.25) is 4.98 Å². The number of aromatic nitrogens is 2. The van der Waals surface area contributed by atoms with Crippen molar-refractivity contribution in [2.45, 2.75) is 39.0 Å². The highest BCUT2D eigenvalue weighted by atomic mass is 15.1. The Bertz CT molecular complexity index is 935. The minimum Gasteiger partial charge on any atom is -0.354 e. The topological polar surface area (TPSA) is 44.0 Å². The van der Waals surface area contributed by atoms with Crippen molar-refractivity contribution in [2.75, 3.05) is 33.2 Å². The number of aryl methyl sites for hydroxylation is 2. The Balaban J connectivity index is 1.57. The van der Waals surface area contributed by atoms with Crippen LogP contribution in [0.3, 0.4) is 0 Å². The number of nitrogens with zero attached hydrogens (tertiary/aromatic N) is 2. The van der Waals surface area contributed by atoms with Gasteiger partial charge in [0.1, 0.15) is 0 Å². The second-order valence-electron chi connectivity index (χ2n) is 8.04. The van der Waals surface area contributed by atoms with Crippen LogP contribution in [-0.4, -0.2) is 48.1 Å².